The molecule has 1 aromatic rings. The van der Waals surface area contributed by atoms with E-state index in [1.165, 1.54) is 6.42 Å². The van der Waals surface area contributed by atoms with Crippen LogP contribution < -0.4 is 4.74 Å². The number of hydrogen-bond acceptors (Lipinski definition) is 2. The lowest BCUT2D eigenvalue weighted by atomic mass is 9.95. The molecule has 0 bridgehead atoms. The molecule has 0 radical (unpaired) electrons. The van der Waals surface area contributed by atoms with E-state index in [4.69, 9.17) is 16.3 Å². The Morgan fingerprint density at radius 2 is 2.25 bits per heavy atom. The van der Waals surface area contributed by atoms with Crippen LogP contribution in [0.15, 0.2) is 24.3 Å². The number of carbonyl (C=O) groups is 1. The van der Waals surface area contributed by atoms with Crippen molar-refractivity contribution < 1.29 is 9.53 Å². The Bertz CT molecular complexity index is 464. The lowest BCUT2D eigenvalue weighted by Crippen LogP contribution is -2.46. The molecule has 1 amide bonds. The first-order chi connectivity index (χ1) is 9.78. The maximum Gasteiger partial charge on any atom is 0.264 e. The summed E-state index contributed by atoms with van der Waals surface area (Å²) in [5.74, 6) is 2.23. The maximum atomic E-state index is 12.6. The third-order valence-electron chi connectivity index (χ3n) is 4.27. The molecule has 1 aromatic carbocycles. The van der Waals surface area contributed by atoms with E-state index in [-0.39, 0.29) is 12.0 Å². The number of rotatable bonds is 3. The van der Waals surface area contributed by atoms with Crippen molar-refractivity contribution in [3.8, 4) is 5.75 Å². The molecule has 0 saturated carbocycles. The third kappa shape index (κ3) is 2.78. The van der Waals surface area contributed by atoms with Gasteiger partial charge in [0.1, 0.15) is 5.75 Å². The van der Waals surface area contributed by atoms with Crippen molar-refractivity contribution in [3.63, 3.8) is 0 Å². The molecule has 2 heterocycles. The van der Waals surface area contributed by atoms with Gasteiger partial charge in [-0.2, -0.15) is 0 Å². The highest BCUT2D eigenvalue weighted by Crippen LogP contribution is 2.30. The lowest BCUT2D eigenvalue weighted by Gasteiger charge is -2.33. The molecule has 20 heavy (non-hydrogen) atoms. The standard InChI is InChI=1S/C16H20ClNO2/c17-8-7-12-4-3-9-18(11-12)16(19)15-10-13-5-1-2-6-14(13)20-15/h1-2,5-6,12,15H,3-4,7-11H2. The third-order valence-corrected chi connectivity index (χ3v) is 4.49. The predicted octanol–water partition coefficient (Wildman–Crippen LogP) is 2.86. The minimum atomic E-state index is -0.331. The zero-order valence-corrected chi connectivity index (χ0v) is 12.3. The van der Waals surface area contributed by atoms with Crippen LogP contribution >= 0.6 is 11.6 Å². The minimum Gasteiger partial charge on any atom is -0.480 e. The molecule has 3 rings (SSSR count). The van der Waals surface area contributed by atoms with E-state index in [1.54, 1.807) is 0 Å². The van der Waals surface area contributed by atoms with E-state index < -0.39 is 0 Å². The molecule has 0 spiro atoms. The van der Waals surface area contributed by atoms with Gasteiger partial charge in [-0.3, -0.25) is 4.79 Å². The van der Waals surface area contributed by atoms with Gasteiger partial charge in [0.2, 0.25) is 0 Å². The second-order valence-corrected chi connectivity index (χ2v) is 6.07. The molecule has 0 aromatic heterocycles. The van der Waals surface area contributed by atoms with Crippen LogP contribution in [0.2, 0.25) is 0 Å². The highest BCUT2D eigenvalue weighted by molar-refractivity contribution is 6.17. The van der Waals surface area contributed by atoms with Crippen LogP contribution in [0.1, 0.15) is 24.8 Å². The van der Waals surface area contributed by atoms with E-state index in [1.807, 2.05) is 29.2 Å². The average Bonchev–Trinajstić information content (AvgIpc) is 2.91. The summed E-state index contributed by atoms with van der Waals surface area (Å²) in [7, 11) is 0. The monoisotopic (exact) mass is 293 g/mol. The zero-order chi connectivity index (χ0) is 13.9. The quantitative estimate of drug-likeness (QED) is 0.802. The maximum absolute atomic E-state index is 12.6. The second kappa shape index (κ2) is 6.04. The first-order valence-electron chi connectivity index (χ1n) is 7.37. The van der Waals surface area contributed by atoms with Gasteiger partial charge in [-0.05, 0) is 36.8 Å². The van der Waals surface area contributed by atoms with Crippen LogP contribution in [0, 0.1) is 5.92 Å². The summed E-state index contributed by atoms with van der Waals surface area (Å²) in [6.07, 6.45) is 3.62. The normalized spacial score (nSPS) is 25.1. The second-order valence-electron chi connectivity index (χ2n) is 5.69. The molecule has 2 atom stereocenters. The molecular weight excluding hydrogens is 274 g/mol. The molecule has 2 aliphatic heterocycles. The number of piperidine rings is 1. The Hall–Kier alpha value is -1.22. The van der Waals surface area contributed by atoms with Crippen LogP contribution in [0.3, 0.4) is 0 Å². The van der Waals surface area contributed by atoms with Gasteiger partial charge >= 0.3 is 0 Å². The smallest absolute Gasteiger partial charge is 0.264 e. The summed E-state index contributed by atoms with van der Waals surface area (Å²) in [4.78, 5) is 14.6. The summed E-state index contributed by atoms with van der Waals surface area (Å²) in [5.41, 5.74) is 1.14. The summed E-state index contributed by atoms with van der Waals surface area (Å²) >= 11 is 5.82. The summed E-state index contributed by atoms with van der Waals surface area (Å²) in [5, 5.41) is 0. The van der Waals surface area contributed by atoms with Crippen LogP contribution in [-0.4, -0.2) is 35.9 Å². The molecule has 108 valence electrons. The molecule has 3 nitrogen and oxygen atoms in total. The van der Waals surface area contributed by atoms with Gasteiger partial charge in [-0.1, -0.05) is 18.2 Å². The van der Waals surface area contributed by atoms with Crippen molar-refractivity contribution in [1.82, 2.24) is 4.90 Å². The SMILES string of the molecule is O=C(C1Cc2ccccc2O1)N1CCCC(CCCl)C1. The molecule has 2 aliphatic rings. The fourth-order valence-electron chi connectivity index (χ4n) is 3.18. The molecule has 1 saturated heterocycles. The van der Waals surface area contributed by atoms with Gasteiger partial charge in [0.15, 0.2) is 6.10 Å². The Morgan fingerprint density at radius 3 is 3.05 bits per heavy atom. The lowest BCUT2D eigenvalue weighted by molar-refractivity contribution is -0.139. The molecular formula is C16H20ClNO2. The number of carbonyl (C=O) groups excluding carboxylic acids is 1. The summed E-state index contributed by atoms with van der Waals surface area (Å²) < 4.78 is 5.80. The Kier molecular flexibility index (Phi) is 4.16. The van der Waals surface area contributed by atoms with Crippen molar-refractivity contribution in [2.24, 2.45) is 5.92 Å². The van der Waals surface area contributed by atoms with E-state index >= 15 is 0 Å². The van der Waals surface area contributed by atoms with Gasteiger partial charge in [-0.15, -0.1) is 11.6 Å². The Balaban J connectivity index is 1.63. The predicted molar refractivity (Wildman–Crippen MR) is 79.2 cm³/mol. The topological polar surface area (TPSA) is 29.5 Å². The van der Waals surface area contributed by atoms with Gasteiger partial charge in [0, 0.05) is 25.4 Å². The van der Waals surface area contributed by atoms with E-state index in [0.717, 1.165) is 37.2 Å². The number of nitrogens with zero attached hydrogens (tertiary/aromatic N) is 1. The van der Waals surface area contributed by atoms with E-state index in [2.05, 4.69) is 0 Å². The van der Waals surface area contributed by atoms with Crippen molar-refractivity contribution >= 4 is 17.5 Å². The number of alkyl halides is 1. The molecule has 0 aliphatic carbocycles. The minimum absolute atomic E-state index is 0.139. The summed E-state index contributed by atoms with van der Waals surface area (Å²) in [6.45, 7) is 1.69. The fraction of sp³-hybridized carbons (Fsp3) is 0.562. The average molecular weight is 294 g/mol. The Morgan fingerprint density at radius 1 is 1.40 bits per heavy atom. The highest BCUT2D eigenvalue weighted by atomic mass is 35.5. The first-order valence-corrected chi connectivity index (χ1v) is 7.90. The van der Waals surface area contributed by atoms with Crippen molar-refractivity contribution in [2.75, 3.05) is 19.0 Å². The number of ether oxygens (including phenoxy) is 1. The number of fused-ring (bicyclic) bond motifs is 1. The number of likely N-dealkylation sites (tertiary alicyclic amines) is 1. The molecule has 0 N–H and O–H groups in total. The van der Waals surface area contributed by atoms with Crippen LogP contribution in [-0.2, 0) is 11.2 Å². The fourth-order valence-corrected chi connectivity index (χ4v) is 3.49. The summed E-state index contributed by atoms with van der Waals surface area (Å²) in [6, 6.07) is 7.92. The number of hydrogen-bond donors (Lipinski definition) is 0. The largest absolute Gasteiger partial charge is 0.480 e. The number of amides is 1. The van der Waals surface area contributed by atoms with Crippen LogP contribution in [0.25, 0.3) is 0 Å². The van der Waals surface area contributed by atoms with Gasteiger partial charge in [0.05, 0.1) is 0 Å². The van der Waals surface area contributed by atoms with Crippen molar-refractivity contribution in [2.45, 2.75) is 31.8 Å². The first kappa shape index (κ1) is 13.7. The van der Waals surface area contributed by atoms with Crippen LogP contribution in [0.5, 0.6) is 5.75 Å². The number of benzene rings is 1. The van der Waals surface area contributed by atoms with Gasteiger partial charge < -0.3 is 9.64 Å². The zero-order valence-electron chi connectivity index (χ0n) is 11.6. The highest BCUT2D eigenvalue weighted by Gasteiger charge is 2.34. The van der Waals surface area contributed by atoms with Gasteiger partial charge in [0.25, 0.3) is 5.91 Å². The molecule has 2 unspecified atom stereocenters. The molecule has 1 fully saturated rings. The van der Waals surface area contributed by atoms with Crippen molar-refractivity contribution in [1.29, 1.82) is 0 Å². The van der Waals surface area contributed by atoms with Crippen LogP contribution in [0.4, 0.5) is 0 Å². The van der Waals surface area contributed by atoms with E-state index in [0.29, 0.717) is 18.2 Å². The van der Waals surface area contributed by atoms with Gasteiger partial charge in [-0.25, -0.2) is 0 Å². The molecule has 4 heteroatoms. The number of para-hydroxylation sites is 1. The van der Waals surface area contributed by atoms with E-state index in [9.17, 15) is 4.79 Å². The Labute approximate surface area is 124 Å². The number of halogens is 1. The van der Waals surface area contributed by atoms with Crippen molar-refractivity contribution in [3.05, 3.63) is 29.8 Å².